The molecule has 12 heavy (non-hydrogen) atoms. The van der Waals surface area contributed by atoms with E-state index in [0.29, 0.717) is 11.7 Å². The highest BCUT2D eigenvalue weighted by Crippen LogP contribution is 2.43. The summed E-state index contributed by atoms with van der Waals surface area (Å²) in [5, 5.41) is 0. The second-order valence-electron chi connectivity index (χ2n) is 4.02. The lowest BCUT2D eigenvalue weighted by atomic mass is 9.75. The number of esters is 1. The van der Waals surface area contributed by atoms with E-state index in [1.807, 2.05) is 0 Å². The number of cyclic esters (lactones) is 1. The zero-order chi connectivity index (χ0) is 8.72. The molecule has 0 aromatic heterocycles. The molecular formula is C10H14O2. The summed E-state index contributed by atoms with van der Waals surface area (Å²) in [7, 11) is 0. The highest BCUT2D eigenvalue weighted by Gasteiger charge is 2.42. The van der Waals surface area contributed by atoms with Gasteiger partial charge in [0.15, 0.2) is 0 Å². The van der Waals surface area contributed by atoms with Crippen LogP contribution in [0.3, 0.4) is 0 Å². The molecule has 2 fully saturated rings. The van der Waals surface area contributed by atoms with Crippen molar-refractivity contribution in [2.45, 2.75) is 26.2 Å². The van der Waals surface area contributed by atoms with Gasteiger partial charge in [-0.05, 0) is 25.2 Å². The molecule has 1 heterocycles. The van der Waals surface area contributed by atoms with Crippen LogP contribution in [0.2, 0.25) is 0 Å². The van der Waals surface area contributed by atoms with Crippen molar-refractivity contribution in [3.63, 3.8) is 0 Å². The number of hydrogen-bond acceptors (Lipinski definition) is 2. The zero-order valence-electron chi connectivity index (χ0n) is 7.38. The Morgan fingerprint density at radius 1 is 1.42 bits per heavy atom. The summed E-state index contributed by atoms with van der Waals surface area (Å²) in [5.74, 6) is 1.83. The highest BCUT2D eigenvalue weighted by atomic mass is 16.5. The van der Waals surface area contributed by atoms with Crippen molar-refractivity contribution in [3.05, 3.63) is 12.3 Å². The molecule has 0 aromatic carbocycles. The van der Waals surface area contributed by atoms with Gasteiger partial charge >= 0.3 is 5.97 Å². The molecule has 0 unspecified atom stereocenters. The van der Waals surface area contributed by atoms with Crippen LogP contribution in [0.4, 0.5) is 0 Å². The summed E-state index contributed by atoms with van der Waals surface area (Å²) in [5.41, 5.74) is 0. The monoisotopic (exact) mass is 166 g/mol. The summed E-state index contributed by atoms with van der Waals surface area (Å²) in [6.07, 6.45) is 3.22. The minimum Gasteiger partial charge on any atom is -0.431 e. The van der Waals surface area contributed by atoms with E-state index in [1.165, 1.54) is 0 Å². The molecule has 1 saturated heterocycles. The van der Waals surface area contributed by atoms with E-state index in [9.17, 15) is 4.79 Å². The lowest BCUT2D eigenvalue weighted by molar-refractivity contribution is -0.139. The molecule has 66 valence electrons. The van der Waals surface area contributed by atoms with Crippen molar-refractivity contribution in [2.75, 3.05) is 0 Å². The van der Waals surface area contributed by atoms with E-state index in [0.717, 1.165) is 25.2 Å². The molecular weight excluding hydrogens is 152 g/mol. The van der Waals surface area contributed by atoms with Crippen LogP contribution >= 0.6 is 0 Å². The number of rotatable bonds is 0. The minimum absolute atomic E-state index is 0.0445. The standard InChI is InChI=1S/C10H14O2/c1-6-3-4-8-9(5-6)7(2)12-10(8)11/h6,8-9H,2-5H2,1H3/t6-,8-,9+/m1/s1. The number of allylic oxidation sites excluding steroid dienone is 1. The Labute approximate surface area is 72.6 Å². The Kier molecular flexibility index (Phi) is 1.71. The van der Waals surface area contributed by atoms with Gasteiger partial charge in [0.05, 0.1) is 5.92 Å². The second kappa shape index (κ2) is 2.61. The number of ether oxygens (including phenoxy) is 1. The summed E-state index contributed by atoms with van der Waals surface area (Å²) in [6, 6.07) is 0. The number of hydrogen-bond donors (Lipinski definition) is 0. The van der Waals surface area contributed by atoms with Gasteiger partial charge in [-0.2, -0.15) is 0 Å². The van der Waals surface area contributed by atoms with Crippen LogP contribution < -0.4 is 0 Å². The summed E-state index contributed by atoms with van der Waals surface area (Å²) < 4.78 is 5.02. The third-order valence-corrected chi connectivity index (χ3v) is 3.06. The van der Waals surface area contributed by atoms with Gasteiger partial charge in [-0.15, -0.1) is 0 Å². The van der Waals surface area contributed by atoms with Crippen LogP contribution in [0.25, 0.3) is 0 Å². The van der Waals surface area contributed by atoms with Gasteiger partial charge in [0.1, 0.15) is 5.76 Å². The Hall–Kier alpha value is -0.790. The Morgan fingerprint density at radius 2 is 2.17 bits per heavy atom. The van der Waals surface area contributed by atoms with Gasteiger partial charge in [-0.1, -0.05) is 13.5 Å². The largest absolute Gasteiger partial charge is 0.431 e. The molecule has 1 aliphatic carbocycles. The molecule has 0 amide bonds. The molecule has 0 spiro atoms. The van der Waals surface area contributed by atoms with E-state index in [1.54, 1.807) is 0 Å². The van der Waals surface area contributed by atoms with Crippen LogP contribution in [-0.4, -0.2) is 5.97 Å². The van der Waals surface area contributed by atoms with Crippen LogP contribution in [0.15, 0.2) is 12.3 Å². The molecule has 0 N–H and O–H groups in total. The molecule has 2 aliphatic rings. The normalized spacial score (nSPS) is 40.9. The second-order valence-corrected chi connectivity index (χ2v) is 4.02. The van der Waals surface area contributed by atoms with Gasteiger partial charge in [-0.25, -0.2) is 0 Å². The van der Waals surface area contributed by atoms with Crippen molar-refractivity contribution < 1.29 is 9.53 Å². The van der Waals surface area contributed by atoms with E-state index < -0.39 is 0 Å². The minimum atomic E-state index is -0.0445. The number of carbonyl (C=O) groups excluding carboxylic acids is 1. The molecule has 0 radical (unpaired) electrons. The highest BCUT2D eigenvalue weighted by molar-refractivity contribution is 5.77. The maximum Gasteiger partial charge on any atom is 0.314 e. The lowest BCUT2D eigenvalue weighted by Gasteiger charge is -2.25. The predicted octanol–water partition coefficient (Wildman–Crippen LogP) is 2.11. The van der Waals surface area contributed by atoms with Crippen molar-refractivity contribution in [2.24, 2.45) is 17.8 Å². The summed E-state index contributed by atoms with van der Waals surface area (Å²) >= 11 is 0. The van der Waals surface area contributed by atoms with Gasteiger partial charge in [-0.3, -0.25) is 4.79 Å². The molecule has 2 heteroatoms. The first-order valence-electron chi connectivity index (χ1n) is 4.59. The molecule has 1 aliphatic heterocycles. The van der Waals surface area contributed by atoms with Crippen molar-refractivity contribution >= 4 is 5.97 Å². The van der Waals surface area contributed by atoms with E-state index in [2.05, 4.69) is 13.5 Å². The van der Waals surface area contributed by atoms with Crippen molar-refractivity contribution in [1.82, 2.24) is 0 Å². The van der Waals surface area contributed by atoms with Gasteiger partial charge in [0, 0.05) is 5.92 Å². The Balaban J connectivity index is 2.17. The molecule has 0 aromatic rings. The number of fused-ring (bicyclic) bond motifs is 1. The molecule has 0 bridgehead atoms. The van der Waals surface area contributed by atoms with Crippen LogP contribution in [0, 0.1) is 17.8 Å². The molecule has 2 rings (SSSR count). The maximum absolute atomic E-state index is 11.2. The Morgan fingerprint density at radius 3 is 2.92 bits per heavy atom. The fourth-order valence-corrected chi connectivity index (χ4v) is 2.30. The average molecular weight is 166 g/mol. The summed E-state index contributed by atoms with van der Waals surface area (Å²) in [6.45, 7) is 6.01. The smallest absolute Gasteiger partial charge is 0.314 e. The topological polar surface area (TPSA) is 26.3 Å². The summed E-state index contributed by atoms with van der Waals surface area (Å²) in [4.78, 5) is 11.2. The van der Waals surface area contributed by atoms with Gasteiger partial charge < -0.3 is 4.74 Å². The average Bonchev–Trinajstić information content (AvgIpc) is 2.28. The molecule has 1 saturated carbocycles. The third-order valence-electron chi connectivity index (χ3n) is 3.06. The van der Waals surface area contributed by atoms with E-state index in [-0.39, 0.29) is 11.9 Å². The van der Waals surface area contributed by atoms with Crippen LogP contribution in [-0.2, 0) is 9.53 Å². The van der Waals surface area contributed by atoms with Crippen LogP contribution in [0.5, 0.6) is 0 Å². The van der Waals surface area contributed by atoms with E-state index >= 15 is 0 Å². The molecule has 2 nitrogen and oxygen atoms in total. The fourth-order valence-electron chi connectivity index (χ4n) is 2.30. The van der Waals surface area contributed by atoms with Crippen LogP contribution in [0.1, 0.15) is 26.2 Å². The Bertz CT molecular complexity index is 232. The number of carbonyl (C=O) groups is 1. The van der Waals surface area contributed by atoms with Gasteiger partial charge in [0.25, 0.3) is 0 Å². The SMILES string of the molecule is C=C1OC(=O)[C@@H]2CC[C@@H](C)C[C@@H]12. The zero-order valence-corrected chi connectivity index (χ0v) is 7.38. The van der Waals surface area contributed by atoms with Crippen molar-refractivity contribution in [3.8, 4) is 0 Å². The van der Waals surface area contributed by atoms with Gasteiger partial charge in [0.2, 0.25) is 0 Å². The first kappa shape index (κ1) is 7.84. The lowest BCUT2D eigenvalue weighted by Crippen LogP contribution is -2.23. The quantitative estimate of drug-likeness (QED) is 0.515. The predicted molar refractivity (Wildman–Crippen MR) is 45.2 cm³/mol. The first-order chi connectivity index (χ1) is 5.68. The third kappa shape index (κ3) is 1.06. The van der Waals surface area contributed by atoms with Crippen molar-refractivity contribution in [1.29, 1.82) is 0 Å². The maximum atomic E-state index is 11.2. The van der Waals surface area contributed by atoms with E-state index in [4.69, 9.17) is 4.74 Å². The molecule has 3 atom stereocenters. The fraction of sp³-hybridized carbons (Fsp3) is 0.700. The first-order valence-corrected chi connectivity index (χ1v) is 4.59.